The van der Waals surface area contributed by atoms with Crippen molar-refractivity contribution in [3.05, 3.63) is 182 Å². The minimum Gasteiger partial charge on any atom is -0.508 e. The van der Waals surface area contributed by atoms with Crippen LogP contribution in [0.1, 0.15) is 116 Å². The molecule has 8 heterocycles. The molecule has 0 unspecified atom stereocenters. The third kappa shape index (κ3) is 21.2. The number of amides is 9. The second-order valence-corrected chi connectivity index (χ2v) is 32.0. The largest absolute Gasteiger partial charge is 0.508 e. The third-order valence-electron chi connectivity index (χ3n) is 21.3. The summed E-state index contributed by atoms with van der Waals surface area (Å²) in [5.41, 5.74) is 8.07. The van der Waals surface area contributed by atoms with Gasteiger partial charge in [0.15, 0.2) is 23.9 Å². The lowest BCUT2D eigenvalue weighted by atomic mass is 9.84. The van der Waals surface area contributed by atoms with Crippen molar-refractivity contribution in [2.75, 3.05) is 32.1 Å². The van der Waals surface area contributed by atoms with Crippen molar-refractivity contribution in [3.8, 4) is 57.1 Å². The zero-order valence-electron chi connectivity index (χ0n) is 66.8. The fraction of sp³-hybridized carbons (Fsp3) is 0.373. The predicted molar refractivity (Wildman–Crippen MR) is 441 cm³/mol. The zero-order chi connectivity index (χ0) is 89.4. The summed E-state index contributed by atoms with van der Waals surface area (Å²) in [4.78, 5) is 137. The molecule has 0 aliphatic carbocycles. The number of nitrogens with one attached hydrogen (secondary N) is 11. The molecule has 9 amide bonds. The summed E-state index contributed by atoms with van der Waals surface area (Å²) >= 11 is 20.4. The Kier molecular flexibility index (Phi) is 29.3. The number of aromatic nitrogens is 1. The van der Waals surface area contributed by atoms with Gasteiger partial charge in [0, 0.05) is 59.5 Å². The maximum atomic E-state index is 16.3. The smallest absolute Gasteiger partial charge is 0.261 e. The first-order chi connectivity index (χ1) is 59.0. The van der Waals surface area contributed by atoms with Gasteiger partial charge in [0.1, 0.15) is 95.5 Å². The third-order valence-corrected chi connectivity index (χ3v) is 22.1. The highest BCUT2D eigenvalue weighted by atomic mass is 35.5. The molecular weight excluding hydrogens is 1690 g/mol. The van der Waals surface area contributed by atoms with Crippen molar-refractivity contribution in [1.29, 1.82) is 0 Å². The second kappa shape index (κ2) is 39.6. The van der Waals surface area contributed by atoms with Crippen LogP contribution in [-0.4, -0.2) is 215 Å². The number of aromatic hydroxyl groups is 3. The van der Waals surface area contributed by atoms with Crippen molar-refractivity contribution in [2.24, 2.45) is 11.7 Å². The van der Waals surface area contributed by atoms with Crippen molar-refractivity contribution in [1.82, 2.24) is 58.4 Å². The van der Waals surface area contributed by atoms with Crippen LogP contribution in [-0.2, 0) is 63.9 Å². The zero-order valence-corrected chi connectivity index (χ0v) is 69.1. The lowest BCUT2D eigenvalue weighted by Crippen LogP contribution is -2.65. The molecule has 0 spiro atoms. The Morgan fingerprint density at radius 3 is 2.01 bits per heavy atom. The predicted octanol–water partition coefficient (Wildman–Crippen LogP) is 2.17. The van der Waals surface area contributed by atoms with Gasteiger partial charge in [-0.2, -0.15) is 0 Å². The minimum absolute atomic E-state index is 0.00506. The number of hydrogen-bond donors (Lipinski definition) is 22. The number of halogens is 3. The molecule has 6 aromatic carbocycles. The van der Waals surface area contributed by atoms with Crippen LogP contribution >= 0.6 is 34.8 Å². The monoisotopic (exact) mass is 1780 g/mol. The van der Waals surface area contributed by atoms with Gasteiger partial charge in [-0.3, -0.25) is 53.6 Å². The number of rotatable bonds is 22. The van der Waals surface area contributed by atoms with Gasteiger partial charge < -0.3 is 133 Å². The number of anilines is 1. The fourth-order valence-electron chi connectivity index (χ4n) is 14.8. The van der Waals surface area contributed by atoms with E-state index in [9.17, 15) is 70.2 Å². The van der Waals surface area contributed by atoms with Gasteiger partial charge in [0.05, 0.1) is 59.8 Å². The number of aliphatic hydroxyl groups is 7. The van der Waals surface area contributed by atoms with Gasteiger partial charge >= 0.3 is 0 Å². The number of fused-ring (bicyclic) bond motifs is 15. The summed E-state index contributed by atoms with van der Waals surface area (Å²) < 4.78 is 39.5. The molecule has 38 nitrogen and oxygen atoms in total. The Morgan fingerprint density at radius 1 is 0.710 bits per heavy atom. The van der Waals surface area contributed by atoms with E-state index in [1.54, 1.807) is 43.3 Å². The maximum absolute atomic E-state index is 16.3. The Morgan fingerprint density at radius 2 is 1.36 bits per heavy atom. The van der Waals surface area contributed by atoms with E-state index in [2.05, 4.69) is 63.7 Å². The molecule has 41 heteroatoms. The molecule has 7 aromatic rings. The normalized spacial score (nSPS) is 26.1. The molecule has 11 bridgehead atoms. The molecule has 7 aliphatic rings. The number of hydrogen-bond acceptors (Lipinski definition) is 29. The summed E-state index contributed by atoms with van der Waals surface area (Å²) in [5.74, 6) is -15.9. The Hall–Kier alpha value is -11.4. The van der Waals surface area contributed by atoms with Crippen molar-refractivity contribution < 1.29 is 123 Å². The molecule has 0 saturated carbocycles. The van der Waals surface area contributed by atoms with Gasteiger partial charge in [0.25, 0.3) is 5.91 Å². The van der Waals surface area contributed by atoms with Crippen molar-refractivity contribution in [2.45, 2.75) is 163 Å². The Balaban J connectivity index is 1.02. The number of likely N-dealkylation sites (N-methyl/N-ethyl adjacent to an activating group) is 1. The number of nitrogens with two attached hydrogens (primary N) is 1. The molecule has 2 saturated heterocycles. The summed E-state index contributed by atoms with van der Waals surface area (Å²) in [7, 11) is 1.47. The van der Waals surface area contributed by atoms with Crippen LogP contribution in [0.4, 0.5) is 5.69 Å². The van der Waals surface area contributed by atoms with Gasteiger partial charge in [-0.05, 0) is 151 Å². The first-order valence-corrected chi connectivity index (χ1v) is 40.2. The van der Waals surface area contributed by atoms with E-state index in [4.69, 9.17) is 69.0 Å². The van der Waals surface area contributed by atoms with Crippen LogP contribution < -0.4 is 78.6 Å². The molecule has 124 heavy (non-hydrogen) atoms. The second-order valence-electron chi connectivity index (χ2n) is 30.7. The first-order valence-electron chi connectivity index (χ1n) is 39.0. The van der Waals surface area contributed by atoms with Gasteiger partial charge in [0.2, 0.25) is 59.3 Å². The summed E-state index contributed by atoms with van der Waals surface area (Å²) in [6, 6.07) is 8.06. The number of ether oxygens (including phenoxy) is 6. The van der Waals surface area contributed by atoms with E-state index in [1.165, 1.54) is 44.6 Å². The number of phenolic OH excluding ortho intramolecular Hbond substituents is 3. The van der Waals surface area contributed by atoms with Gasteiger partial charge in [-0.15, -0.1) is 0 Å². The number of benzene rings is 6. The molecule has 0 radical (unpaired) electrons. The van der Waals surface area contributed by atoms with Crippen LogP contribution in [0.25, 0.3) is 17.2 Å². The number of phenols is 3. The number of nitrogens with zero attached hydrogens (tertiary/aromatic N) is 1. The van der Waals surface area contributed by atoms with E-state index >= 15 is 24.0 Å². The van der Waals surface area contributed by atoms with Crippen LogP contribution in [0.3, 0.4) is 0 Å². The molecule has 660 valence electrons. The number of hydrazine groups is 1. The Bertz CT molecular complexity index is 5230. The lowest BCUT2D eigenvalue weighted by Gasteiger charge is -2.48. The first kappa shape index (κ1) is 91.8. The van der Waals surface area contributed by atoms with Crippen LogP contribution in [0.2, 0.25) is 15.1 Å². The molecule has 7 aliphatic heterocycles. The van der Waals surface area contributed by atoms with Crippen molar-refractivity contribution in [3.63, 3.8) is 0 Å². The van der Waals surface area contributed by atoms with E-state index in [0.717, 1.165) is 66.7 Å². The van der Waals surface area contributed by atoms with Crippen LogP contribution in [0.5, 0.6) is 46.0 Å². The number of aliphatic hydroxyl groups excluding tert-OH is 7. The highest BCUT2D eigenvalue weighted by Crippen LogP contribution is 2.50. The van der Waals surface area contributed by atoms with Crippen molar-refractivity contribution >= 4 is 99.7 Å². The van der Waals surface area contributed by atoms with E-state index in [1.807, 2.05) is 13.8 Å². The number of carbonyl (C=O) groups excluding carboxylic acids is 9. The van der Waals surface area contributed by atoms with E-state index in [-0.39, 0.29) is 59.3 Å². The molecule has 23 N–H and O–H groups in total. The lowest BCUT2D eigenvalue weighted by molar-refractivity contribution is -0.334. The fourth-order valence-corrected chi connectivity index (χ4v) is 15.4. The van der Waals surface area contributed by atoms with Gasteiger partial charge in [-0.25, -0.2) is 5.43 Å². The quantitative estimate of drug-likeness (QED) is 0.0263. The molecular formula is C83H92Cl3N13O25. The number of pyridine rings is 1. The topological polar surface area (TPSA) is 583 Å². The molecule has 2 fully saturated rings. The highest BCUT2D eigenvalue weighted by molar-refractivity contribution is 6.32. The molecule has 18 atom stereocenters. The van der Waals surface area contributed by atoms with Crippen LogP contribution in [0, 0.1) is 5.92 Å². The minimum atomic E-state index is -2.39. The average molecular weight is 1780 g/mol. The number of primary amides is 1. The van der Waals surface area contributed by atoms with E-state index in [0.29, 0.717) is 21.8 Å². The van der Waals surface area contributed by atoms with E-state index < -0.39 is 250 Å². The number of carbonyl (C=O) groups is 9. The summed E-state index contributed by atoms with van der Waals surface area (Å²) in [6.07, 6.45) is -13.4. The molecule has 1 aromatic heterocycles. The van der Waals surface area contributed by atoms with Gasteiger partial charge in [-0.1, -0.05) is 79.0 Å². The maximum Gasteiger partial charge on any atom is 0.261 e. The summed E-state index contributed by atoms with van der Waals surface area (Å²) in [5, 5.41) is 140. The summed E-state index contributed by atoms with van der Waals surface area (Å²) in [6.45, 7) is 5.00. The molecule has 14 rings (SSSR count). The highest BCUT2D eigenvalue weighted by Gasteiger charge is 2.52. The Labute approximate surface area is 722 Å². The standard InChI is InChI=1S/C83H92Cl3N13O25/c1-35(2)20-50(88-5)75(112)97-66-68(107)40-10-15-54(48(85)23-40)120-56-25-42-26-57(72(56)124-82-73(71(110)70(109)58(34-101)122-82)123-61-30-83(4,74(111)36(3)119-61)90-32-38-21-44(33-89-31-38)92-60(106)17-8-37-6-12-43(84)13-7-37)121-55-16-11-41(24-49(55)86)69(108)67-80(117)96-65(81(118)99-91-18-19-100)47-27-45(102)28-53(104)62(47)46-22-39(9-14-52(46)103)63(77(114)98-67)95-78(115)64(42)94-76(113)51(29-59(87)105)93-79(66)116/h6-17,21-28,31,33,35-36,50-51,58,61,63-71,73-74,82,88,90-91,100-104,107-111H,18-20,29-30,32,34H2,1-5H3,(H2,87,105)(H,92,106)(H,93,116)(H,94,113)(H,95,115)(H,96,117)(H,97,112)(H,98,114)(H,99,118)/b17-8+/t36-,50+,51-,58+,61-,63+,64+,65+,66+,67-,68+,69+,70+,71-,73+,74+,82-,83-/m0/s1. The SMILES string of the molecule is CN[C@H](CC(C)C)C(=O)N[C@H]1C(=O)N[C@@H](CC(N)=O)C(=O)N[C@H]2C(=O)N[C@H]3C(=O)N[C@H](C(=O)N[C@@H](C(=O)NNCCO)c4cc(O)cc(O)c4-c4cc3ccc4O)[C@H](O)c3ccc(c(Cl)c3)Oc3cc2cc(c3O[C@@H]2O[C@H](CO)[C@@H](O)[C@H](O)[C@H]2O[C@H]2C[C@](C)(NCc3cncc(NC(=O)/C=C/c4ccc(Cl)cc4)c3)[C@H](O)[C@H](C)O2)Oc2ccc(cc2Cl)[C@H]1O. The average Bonchev–Trinajstić information content (AvgIpc) is 0.766. The van der Waals surface area contributed by atoms with Crippen LogP contribution in [0.15, 0.2) is 128 Å².